The van der Waals surface area contributed by atoms with Gasteiger partial charge in [-0.15, -0.1) is 0 Å². The lowest BCUT2D eigenvalue weighted by atomic mass is 10.3. The molecule has 0 aliphatic heterocycles. The molecule has 1 heterocycles. The van der Waals surface area contributed by atoms with E-state index in [4.69, 9.17) is 5.11 Å². The monoisotopic (exact) mass is 212 g/mol. The summed E-state index contributed by atoms with van der Waals surface area (Å²) in [5.41, 5.74) is -0.0267. The normalized spacial score (nSPS) is 10.9. The van der Waals surface area contributed by atoms with Gasteiger partial charge in [-0.2, -0.15) is 0 Å². The Labute approximate surface area is 82.8 Å². The molecule has 15 heavy (non-hydrogen) atoms. The summed E-state index contributed by atoms with van der Waals surface area (Å²) in [6, 6.07) is 2.15. The molecule has 6 heteroatoms. The maximum absolute atomic E-state index is 13.3. The molecule has 2 rings (SSSR count). The third-order valence-corrected chi connectivity index (χ3v) is 2.12. The number of aromatic carboxylic acids is 1. The third-order valence-electron chi connectivity index (χ3n) is 2.12. The fourth-order valence-electron chi connectivity index (χ4n) is 1.43. The van der Waals surface area contributed by atoms with Gasteiger partial charge in [0.1, 0.15) is 5.52 Å². The van der Waals surface area contributed by atoms with Gasteiger partial charge in [0.2, 0.25) is 5.82 Å². The van der Waals surface area contributed by atoms with Crippen LogP contribution in [0, 0.1) is 11.6 Å². The number of carboxylic acids is 1. The Hall–Kier alpha value is -1.98. The smallest absolute Gasteiger partial charge is 0.372 e. The molecule has 4 nitrogen and oxygen atoms in total. The fourth-order valence-corrected chi connectivity index (χ4v) is 1.43. The molecule has 1 aromatic heterocycles. The Morgan fingerprint density at radius 3 is 2.73 bits per heavy atom. The van der Waals surface area contributed by atoms with Gasteiger partial charge < -0.3 is 9.67 Å². The van der Waals surface area contributed by atoms with E-state index in [1.165, 1.54) is 13.1 Å². The fraction of sp³-hybridized carbons (Fsp3) is 0.111. The van der Waals surface area contributed by atoms with Crippen LogP contribution in [-0.4, -0.2) is 20.6 Å². The third kappa shape index (κ3) is 1.25. The molecule has 0 saturated heterocycles. The van der Waals surface area contributed by atoms with Gasteiger partial charge >= 0.3 is 5.97 Å². The number of carboxylic acid groups (broad SMARTS) is 1. The van der Waals surface area contributed by atoms with Crippen LogP contribution in [0.3, 0.4) is 0 Å². The van der Waals surface area contributed by atoms with Crippen LogP contribution in [0.5, 0.6) is 0 Å². The molecule has 0 aliphatic rings. The van der Waals surface area contributed by atoms with Crippen LogP contribution >= 0.6 is 0 Å². The lowest BCUT2D eigenvalue weighted by Crippen LogP contribution is -2.06. The number of carbonyl (C=O) groups is 1. The lowest BCUT2D eigenvalue weighted by molar-refractivity contribution is 0.0680. The Morgan fingerprint density at radius 1 is 1.47 bits per heavy atom. The predicted molar refractivity (Wildman–Crippen MR) is 47.6 cm³/mol. The Kier molecular flexibility index (Phi) is 1.92. The van der Waals surface area contributed by atoms with Crippen molar-refractivity contribution in [2.24, 2.45) is 7.05 Å². The molecule has 0 fully saturated rings. The van der Waals surface area contributed by atoms with E-state index < -0.39 is 17.6 Å². The van der Waals surface area contributed by atoms with Crippen LogP contribution in [0.25, 0.3) is 11.0 Å². The Bertz CT molecular complexity index is 563. The van der Waals surface area contributed by atoms with Crippen molar-refractivity contribution in [3.63, 3.8) is 0 Å². The first-order valence-electron chi connectivity index (χ1n) is 4.06. The van der Waals surface area contributed by atoms with E-state index in [2.05, 4.69) is 4.98 Å². The number of aryl methyl sites for hydroxylation is 1. The number of nitrogens with zero attached hydrogens (tertiary/aromatic N) is 2. The van der Waals surface area contributed by atoms with Gasteiger partial charge in [0.25, 0.3) is 0 Å². The summed E-state index contributed by atoms with van der Waals surface area (Å²) in [4.78, 5) is 14.4. The van der Waals surface area contributed by atoms with E-state index in [1.54, 1.807) is 0 Å². The average Bonchev–Trinajstić information content (AvgIpc) is 2.50. The summed E-state index contributed by atoms with van der Waals surface area (Å²) in [6.45, 7) is 0. The Balaban J connectivity index is 2.89. The quantitative estimate of drug-likeness (QED) is 0.780. The second kappa shape index (κ2) is 3.01. The van der Waals surface area contributed by atoms with Crippen molar-refractivity contribution in [2.45, 2.75) is 0 Å². The summed E-state index contributed by atoms with van der Waals surface area (Å²) in [5.74, 6) is -3.72. The highest BCUT2D eigenvalue weighted by Gasteiger charge is 2.18. The van der Waals surface area contributed by atoms with Crippen LogP contribution in [-0.2, 0) is 7.05 Å². The lowest BCUT2D eigenvalue weighted by Gasteiger charge is -1.98. The van der Waals surface area contributed by atoms with Crippen LogP contribution in [0.1, 0.15) is 10.6 Å². The molecule has 0 aliphatic carbocycles. The van der Waals surface area contributed by atoms with Crippen molar-refractivity contribution < 1.29 is 18.7 Å². The molecule has 0 saturated carbocycles. The predicted octanol–water partition coefficient (Wildman–Crippen LogP) is 1.55. The highest BCUT2D eigenvalue weighted by molar-refractivity contribution is 5.89. The van der Waals surface area contributed by atoms with Gasteiger partial charge in [-0.1, -0.05) is 0 Å². The molecule has 0 spiro atoms. The van der Waals surface area contributed by atoms with Crippen LogP contribution in [0.15, 0.2) is 12.1 Å². The van der Waals surface area contributed by atoms with Crippen molar-refractivity contribution >= 4 is 17.0 Å². The summed E-state index contributed by atoms with van der Waals surface area (Å²) in [5, 5.41) is 8.73. The first-order chi connectivity index (χ1) is 7.02. The average molecular weight is 212 g/mol. The zero-order valence-corrected chi connectivity index (χ0v) is 7.66. The molecule has 0 atom stereocenters. The molecule has 2 aromatic rings. The van der Waals surface area contributed by atoms with Crippen LogP contribution in [0.4, 0.5) is 8.78 Å². The van der Waals surface area contributed by atoms with Gasteiger partial charge in [0.05, 0.1) is 5.52 Å². The molecule has 0 unspecified atom stereocenters. The van der Waals surface area contributed by atoms with Gasteiger partial charge in [-0.25, -0.2) is 18.6 Å². The summed E-state index contributed by atoms with van der Waals surface area (Å²) in [7, 11) is 1.32. The molecule has 78 valence electrons. The number of aromatic nitrogens is 2. The van der Waals surface area contributed by atoms with Gasteiger partial charge in [-0.3, -0.25) is 0 Å². The highest BCUT2D eigenvalue weighted by atomic mass is 19.2. The van der Waals surface area contributed by atoms with Crippen LogP contribution in [0.2, 0.25) is 0 Å². The van der Waals surface area contributed by atoms with Crippen molar-refractivity contribution in [3.8, 4) is 0 Å². The summed E-state index contributed by atoms with van der Waals surface area (Å²) in [6.07, 6.45) is 0. The topological polar surface area (TPSA) is 55.1 Å². The van der Waals surface area contributed by atoms with E-state index in [9.17, 15) is 13.6 Å². The molecule has 0 radical (unpaired) electrons. The zero-order chi connectivity index (χ0) is 11.2. The largest absolute Gasteiger partial charge is 0.475 e. The molecule has 0 amide bonds. The summed E-state index contributed by atoms with van der Waals surface area (Å²) >= 11 is 0. The van der Waals surface area contributed by atoms with Gasteiger partial charge in [0.15, 0.2) is 11.6 Å². The van der Waals surface area contributed by atoms with Crippen LogP contribution < -0.4 is 0 Å². The maximum Gasteiger partial charge on any atom is 0.372 e. The van der Waals surface area contributed by atoms with Crippen molar-refractivity contribution in [3.05, 3.63) is 29.6 Å². The number of hydrogen-bond acceptors (Lipinski definition) is 2. The molecular formula is C9H6F2N2O2. The van der Waals surface area contributed by atoms with Gasteiger partial charge in [-0.05, 0) is 12.1 Å². The number of benzene rings is 1. The molecular weight excluding hydrogens is 206 g/mol. The minimum absolute atomic E-state index is 0.119. The number of imidazole rings is 1. The number of halogens is 2. The SMILES string of the molecule is Cn1c(C(=O)O)nc2ccc(F)c(F)c21. The zero-order valence-electron chi connectivity index (χ0n) is 7.66. The Morgan fingerprint density at radius 2 is 2.13 bits per heavy atom. The summed E-state index contributed by atoms with van der Waals surface area (Å²) < 4.78 is 27.2. The standard InChI is InChI=1S/C9H6F2N2O2/c1-13-7-5(12-8(13)9(14)15)3-2-4(10)6(7)11/h2-3H,1H3,(H,14,15). The maximum atomic E-state index is 13.3. The molecule has 1 aromatic carbocycles. The van der Waals surface area contributed by atoms with E-state index >= 15 is 0 Å². The molecule has 0 bridgehead atoms. The highest BCUT2D eigenvalue weighted by Crippen LogP contribution is 2.20. The first-order valence-corrected chi connectivity index (χ1v) is 4.06. The van der Waals surface area contributed by atoms with E-state index in [0.29, 0.717) is 0 Å². The van der Waals surface area contributed by atoms with E-state index in [0.717, 1.165) is 10.6 Å². The second-order valence-electron chi connectivity index (χ2n) is 3.03. The van der Waals surface area contributed by atoms with Crippen molar-refractivity contribution in [2.75, 3.05) is 0 Å². The van der Waals surface area contributed by atoms with E-state index in [1.807, 2.05) is 0 Å². The first kappa shape index (κ1) is 9.57. The van der Waals surface area contributed by atoms with Gasteiger partial charge in [0, 0.05) is 7.05 Å². The van der Waals surface area contributed by atoms with E-state index in [-0.39, 0.29) is 16.9 Å². The van der Waals surface area contributed by atoms with Crippen molar-refractivity contribution in [1.29, 1.82) is 0 Å². The van der Waals surface area contributed by atoms with Crippen molar-refractivity contribution in [1.82, 2.24) is 9.55 Å². The second-order valence-corrected chi connectivity index (χ2v) is 3.03. The number of rotatable bonds is 1. The molecule has 1 N–H and O–H groups in total. The minimum atomic E-state index is -1.28. The number of fused-ring (bicyclic) bond motifs is 1. The number of hydrogen-bond donors (Lipinski definition) is 1. The minimum Gasteiger partial charge on any atom is -0.475 e.